The van der Waals surface area contributed by atoms with Gasteiger partial charge in [-0.15, -0.1) is 0 Å². The normalized spacial score (nSPS) is 18.0. The molecule has 16 heavy (non-hydrogen) atoms. The van der Waals surface area contributed by atoms with Crippen molar-refractivity contribution in [1.29, 1.82) is 0 Å². The molecular weight excluding hydrogens is 194 g/mol. The van der Waals surface area contributed by atoms with Crippen LogP contribution in [-0.2, 0) is 0 Å². The minimum atomic E-state index is 0.755. The number of hydrogen-bond acceptors (Lipinski definition) is 1. The second-order valence-corrected chi connectivity index (χ2v) is 4.80. The molecule has 1 aromatic carbocycles. The van der Waals surface area contributed by atoms with Crippen LogP contribution in [0.2, 0.25) is 0 Å². The summed E-state index contributed by atoms with van der Waals surface area (Å²) < 4.78 is 0. The van der Waals surface area contributed by atoms with Crippen molar-refractivity contribution < 1.29 is 0 Å². The van der Waals surface area contributed by atoms with Gasteiger partial charge in [0.1, 0.15) is 0 Å². The summed E-state index contributed by atoms with van der Waals surface area (Å²) in [6.45, 7) is 4.32. The van der Waals surface area contributed by atoms with Crippen LogP contribution in [0.5, 0.6) is 0 Å². The first-order valence-corrected chi connectivity index (χ1v) is 6.25. The molecule has 1 aromatic rings. The Balaban J connectivity index is 2.36. The van der Waals surface area contributed by atoms with E-state index in [1.54, 1.807) is 0 Å². The van der Waals surface area contributed by atoms with Crippen LogP contribution in [0, 0.1) is 12.8 Å². The molecule has 1 fully saturated rings. The zero-order chi connectivity index (χ0) is 11.5. The molecule has 1 saturated carbocycles. The molecule has 1 heteroatoms. The van der Waals surface area contributed by atoms with Crippen LogP contribution in [0.25, 0.3) is 5.57 Å². The van der Waals surface area contributed by atoms with Gasteiger partial charge in [-0.2, -0.15) is 0 Å². The Hall–Kier alpha value is -1.24. The molecule has 1 aliphatic carbocycles. The molecule has 0 unspecified atom stereocenters. The van der Waals surface area contributed by atoms with Gasteiger partial charge < -0.3 is 5.73 Å². The van der Waals surface area contributed by atoms with Crippen molar-refractivity contribution >= 4 is 11.3 Å². The lowest BCUT2D eigenvalue weighted by molar-refractivity contribution is 0.705. The second-order valence-electron chi connectivity index (χ2n) is 4.80. The number of rotatable bonds is 2. The van der Waals surface area contributed by atoms with Gasteiger partial charge in [-0.25, -0.2) is 0 Å². The van der Waals surface area contributed by atoms with Gasteiger partial charge in [-0.3, -0.25) is 0 Å². The quantitative estimate of drug-likeness (QED) is 0.736. The van der Waals surface area contributed by atoms with E-state index in [4.69, 9.17) is 5.73 Å². The van der Waals surface area contributed by atoms with Crippen LogP contribution < -0.4 is 5.73 Å². The molecular formula is C15H21N. The Labute approximate surface area is 98.4 Å². The first kappa shape index (κ1) is 11.3. The Bertz CT molecular complexity index is 398. The minimum Gasteiger partial charge on any atom is -0.399 e. The Kier molecular flexibility index (Phi) is 3.33. The van der Waals surface area contributed by atoms with E-state index in [1.165, 1.54) is 42.4 Å². The van der Waals surface area contributed by atoms with E-state index >= 15 is 0 Å². The first-order chi connectivity index (χ1) is 7.72. The van der Waals surface area contributed by atoms with Crippen molar-refractivity contribution in [3.8, 4) is 0 Å². The largest absolute Gasteiger partial charge is 0.399 e. The maximum absolute atomic E-state index is 5.89. The van der Waals surface area contributed by atoms with Crippen LogP contribution in [0.1, 0.15) is 43.7 Å². The fourth-order valence-corrected chi connectivity index (χ4v) is 2.80. The molecule has 0 atom stereocenters. The molecule has 2 N–H and O–H groups in total. The molecule has 0 amide bonds. The zero-order valence-corrected chi connectivity index (χ0v) is 10.3. The third kappa shape index (κ3) is 2.13. The van der Waals surface area contributed by atoms with E-state index in [1.807, 2.05) is 6.07 Å². The van der Waals surface area contributed by atoms with Gasteiger partial charge in [0.2, 0.25) is 0 Å². The summed E-state index contributed by atoms with van der Waals surface area (Å²) in [5.74, 6) is 0.755. The number of nitrogen functional groups attached to an aromatic ring is 1. The summed E-state index contributed by atoms with van der Waals surface area (Å²) in [4.78, 5) is 0. The first-order valence-electron chi connectivity index (χ1n) is 6.25. The topological polar surface area (TPSA) is 26.0 Å². The maximum Gasteiger partial charge on any atom is 0.0320 e. The SMILES string of the molecule is C/C=C(\c1cc(N)ccc1C)C1CCCC1. The van der Waals surface area contributed by atoms with Gasteiger partial charge in [0.05, 0.1) is 0 Å². The third-order valence-electron chi connectivity index (χ3n) is 3.68. The Morgan fingerprint density at radius 1 is 1.31 bits per heavy atom. The van der Waals surface area contributed by atoms with Crippen molar-refractivity contribution in [2.24, 2.45) is 5.92 Å². The number of aryl methyl sites for hydroxylation is 1. The van der Waals surface area contributed by atoms with Gasteiger partial charge in [0.25, 0.3) is 0 Å². The fourth-order valence-electron chi connectivity index (χ4n) is 2.80. The summed E-state index contributed by atoms with van der Waals surface area (Å²) in [7, 11) is 0. The third-order valence-corrected chi connectivity index (χ3v) is 3.68. The lowest BCUT2D eigenvalue weighted by atomic mass is 9.88. The molecule has 0 saturated heterocycles. The van der Waals surface area contributed by atoms with Crippen molar-refractivity contribution in [3.05, 3.63) is 35.4 Å². The molecule has 1 nitrogen and oxygen atoms in total. The molecule has 0 heterocycles. The number of allylic oxidation sites excluding steroid dienone is 2. The standard InChI is InChI=1S/C15H21N/c1-3-14(12-6-4-5-7-12)15-10-13(16)9-8-11(15)2/h3,8-10,12H,4-7,16H2,1-2H3/b14-3-. The molecule has 0 spiro atoms. The van der Waals surface area contributed by atoms with E-state index in [2.05, 4.69) is 32.1 Å². The second kappa shape index (κ2) is 4.73. The highest BCUT2D eigenvalue weighted by Crippen LogP contribution is 2.38. The van der Waals surface area contributed by atoms with E-state index in [0.717, 1.165) is 11.6 Å². The maximum atomic E-state index is 5.89. The van der Waals surface area contributed by atoms with E-state index in [9.17, 15) is 0 Å². The van der Waals surface area contributed by atoms with Gasteiger partial charge >= 0.3 is 0 Å². The minimum absolute atomic E-state index is 0.755. The van der Waals surface area contributed by atoms with E-state index in [0.29, 0.717) is 0 Å². The van der Waals surface area contributed by atoms with Crippen LogP contribution in [-0.4, -0.2) is 0 Å². The molecule has 0 radical (unpaired) electrons. The van der Waals surface area contributed by atoms with Gasteiger partial charge in [-0.1, -0.05) is 25.0 Å². The molecule has 0 aromatic heterocycles. The lowest BCUT2D eigenvalue weighted by Gasteiger charge is -2.17. The summed E-state index contributed by atoms with van der Waals surface area (Å²) in [5, 5.41) is 0. The highest BCUT2D eigenvalue weighted by atomic mass is 14.5. The molecule has 1 aliphatic rings. The van der Waals surface area contributed by atoms with E-state index in [-0.39, 0.29) is 0 Å². The van der Waals surface area contributed by atoms with Crippen LogP contribution in [0.3, 0.4) is 0 Å². The Morgan fingerprint density at radius 3 is 2.62 bits per heavy atom. The van der Waals surface area contributed by atoms with Gasteiger partial charge in [0, 0.05) is 5.69 Å². The average Bonchev–Trinajstić information content (AvgIpc) is 2.78. The molecule has 2 rings (SSSR count). The van der Waals surface area contributed by atoms with E-state index < -0.39 is 0 Å². The highest BCUT2D eigenvalue weighted by molar-refractivity contribution is 5.72. The number of benzene rings is 1. The average molecular weight is 215 g/mol. The van der Waals surface area contributed by atoms with Gasteiger partial charge in [-0.05, 0) is 61.4 Å². The zero-order valence-electron chi connectivity index (χ0n) is 10.3. The predicted molar refractivity (Wildman–Crippen MR) is 71.2 cm³/mol. The highest BCUT2D eigenvalue weighted by Gasteiger charge is 2.20. The lowest BCUT2D eigenvalue weighted by Crippen LogP contribution is -2.01. The van der Waals surface area contributed by atoms with Crippen LogP contribution >= 0.6 is 0 Å². The molecule has 0 bridgehead atoms. The van der Waals surface area contributed by atoms with Crippen molar-refractivity contribution in [1.82, 2.24) is 0 Å². The summed E-state index contributed by atoms with van der Waals surface area (Å²) in [6.07, 6.45) is 7.71. The number of anilines is 1. The van der Waals surface area contributed by atoms with Crippen LogP contribution in [0.15, 0.2) is 24.3 Å². The van der Waals surface area contributed by atoms with Crippen LogP contribution in [0.4, 0.5) is 5.69 Å². The smallest absolute Gasteiger partial charge is 0.0320 e. The summed E-state index contributed by atoms with van der Waals surface area (Å²) in [6, 6.07) is 6.24. The summed E-state index contributed by atoms with van der Waals surface area (Å²) in [5.41, 5.74) is 11.0. The van der Waals surface area contributed by atoms with Gasteiger partial charge in [0.15, 0.2) is 0 Å². The van der Waals surface area contributed by atoms with Crippen molar-refractivity contribution in [3.63, 3.8) is 0 Å². The number of nitrogens with two attached hydrogens (primary N) is 1. The molecule has 86 valence electrons. The monoisotopic (exact) mass is 215 g/mol. The van der Waals surface area contributed by atoms with Crippen molar-refractivity contribution in [2.75, 3.05) is 5.73 Å². The fraction of sp³-hybridized carbons (Fsp3) is 0.467. The summed E-state index contributed by atoms with van der Waals surface area (Å²) >= 11 is 0. The van der Waals surface area contributed by atoms with Crippen molar-refractivity contribution in [2.45, 2.75) is 39.5 Å². The number of hydrogen-bond donors (Lipinski definition) is 1. The predicted octanol–water partition coefficient (Wildman–Crippen LogP) is 4.17. The molecule has 0 aliphatic heterocycles. The Morgan fingerprint density at radius 2 is 2.00 bits per heavy atom.